The van der Waals surface area contributed by atoms with E-state index in [1.54, 1.807) is 11.3 Å². The van der Waals surface area contributed by atoms with Crippen molar-refractivity contribution >= 4 is 23.1 Å². The van der Waals surface area contributed by atoms with Crippen LogP contribution in [0.25, 0.3) is 0 Å². The topological polar surface area (TPSA) is 24.9 Å². The molecule has 0 saturated heterocycles. The number of aryl methyl sites for hydroxylation is 1. The number of hydrogen-bond acceptors (Lipinski definition) is 4. The van der Waals surface area contributed by atoms with Crippen molar-refractivity contribution in [2.75, 3.05) is 12.8 Å². The minimum absolute atomic E-state index is 0.540. The number of aromatic nitrogens is 1. The minimum atomic E-state index is 0.540. The fourth-order valence-corrected chi connectivity index (χ4v) is 3.61. The monoisotopic (exact) mass is 242 g/mol. The Labute approximate surface area is 99.9 Å². The Kier molecular flexibility index (Phi) is 3.69. The van der Waals surface area contributed by atoms with Crippen LogP contribution in [0.5, 0.6) is 0 Å². The molecule has 15 heavy (non-hydrogen) atoms. The second kappa shape index (κ2) is 4.85. The van der Waals surface area contributed by atoms with E-state index in [2.05, 4.69) is 23.5 Å². The summed E-state index contributed by atoms with van der Waals surface area (Å²) in [7, 11) is 0. The predicted molar refractivity (Wildman–Crippen MR) is 68.7 cm³/mol. The van der Waals surface area contributed by atoms with Crippen LogP contribution in [0.2, 0.25) is 0 Å². The van der Waals surface area contributed by atoms with E-state index in [0.29, 0.717) is 4.75 Å². The average Bonchev–Trinajstić information content (AvgIpc) is 2.57. The first-order valence-electron chi connectivity index (χ1n) is 5.41. The van der Waals surface area contributed by atoms with Crippen molar-refractivity contribution in [2.24, 2.45) is 0 Å². The molecule has 1 aliphatic carbocycles. The summed E-state index contributed by atoms with van der Waals surface area (Å²) in [5.74, 6) is 0. The molecule has 2 rings (SSSR count). The maximum absolute atomic E-state index is 4.26. The molecular weight excluding hydrogens is 224 g/mol. The molecule has 0 radical (unpaired) electrons. The summed E-state index contributed by atoms with van der Waals surface area (Å²) in [5.41, 5.74) is 3.11. The highest BCUT2D eigenvalue weighted by atomic mass is 32.2. The van der Waals surface area contributed by atoms with Crippen molar-refractivity contribution in [2.45, 2.75) is 37.5 Å². The summed E-state index contributed by atoms with van der Waals surface area (Å²) in [6.07, 6.45) is 6.40. The van der Waals surface area contributed by atoms with Gasteiger partial charge in [-0.15, -0.1) is 11.3 Å². The molecule has 1 heterocycles. The van der Waals surface area contributed by atoms with Crippen LogP contribution >= 0.6 is 23.1 Å². The number of hydrogen-bond donors (Lipinski definition) is 1. The first-order chi connectivity index (χ1) is 7.26. The smallest absolute Gasteiger partial charge is 0.0798 e. The van der Waals surface area contributed by atoms with Crippen LogP contribution < -0.4 is 5.32 Å². The Hall–Kier alpha value is -0.0600. The van der Waals surface area contributed by atoms with Gasteiger partial charge in [0.25, 0.3) is 0 Å². The van der Waals surface area contributed by atoms with Crippen LogP contribution in [0.3, 0.4) is 0 Å². The molecule has 0 spiro atoms. The first kappa shape index (κ1) is 11.4. The maximum atomic E-state index is 4.26. The molecule has 0 amide bonds. The average molecular weight is 242 g/mol. The molecule has 1 saturated carbocycles. The second-order valence-electron chi connectivity index (χ2n) is 4.21. The second-order valence-corrected chi connectivity index (χ2v) is 6.42. The van der Waals surface area contributed by atoms with Crippen molar-refractivity contribution in [3.05, 3.63) is 16.1 Å². The van der Waals surface area contributed by atoms with Gasteiger partial charge in [-0.25, -0.2) is 4.98 Å². The van der Waals surface area contributed by atoms with Crippen LogP contribution in [0.4, 0.5) is 0 Å². The zero-order chi connectivity index (χ0) is 10.7. The van der Waals surface area contributed by atoms with E-state index in [9.17, 15) is 0 Å². The Morgan fingerprint density at radius 2 is 2.40 bits per heavy atom. The molecule has 0 unspecified atom stereocenters. The lowest BCUT2D eigenvalue weighted by Crippen LogP contribution is -2.43. The van der Waals surface area contributed by atoms with Crippen LogP contribution in [-0.2, 0) is 6.54 Å². The van der Waals surface area contributed by atoms with Crippen LogP contribution in [0.15, 0.2) is 5.51 Å². The maximum Gasteiger partial charge on any atom is 0.0798 e. The lowest BCUT2D eigenvalue weighted by atomic mass is 9.84. The molecule has 0 aromatic carbocycles. The molecular formula is C11H18N2S2. The van der Waals surface area contributed by atoms with E-state index in [1.807, 2.05) is 17.3 Å². The Morgan fingerprint density at radius 3 is 2.87 bits per heavy atom. The largest absolute Gasteiger partial charge is 0.310 e. The number of thioether (sulfide) groups is 1. The first-order valence-corrected chi connectivity index (χ1v) is 7.51. The molecule has 1 aromatic heterocycles. The van der Waals surface area contributed by atoms with Gasteiger partial charge in [0.2, 0.25) is 0 Å². The number of thiazole rings is 1. The zero-order valence-electron chi connectivity index (χ0n) is 9.38. The van der Waals surface area contributed by atoms with Gasteiger partial charge >= 0.3 is 0 Å². The van der Waals surface area contributed by atoms with Crippen molar-refractivity contribution in [1.29, 1.82) is 0 Å². The summed E-state index contributed by atoms with van der Waals surface area (Å²) >= 11 is 3.78. The summed E-state index contributed by atoms with van der Waals surface area (Å²) < 4.78 is 0.540. The van der Waals surface area contributed by atoms with Gasteiger partial charge in [0.15, 0.2) is 0 Å². The number of rotatable bonds is 5. The van der Waals surface area contributed by atoms with Crippen molar-refractivity contribution in [3.8, 4) is 0 Å². The van der Waals surface area contributed by atoms with E-state index < -0.39 is 0 Å². The molecule has 0 atom stereocenters. The molecule has 1 fully saturated rings. The van der Waals surface area contributed by atoms with Crippen molar-refractivity contribution < 1.29 is 0 Å². The third-order valence-corrected chi connectivity index (χ3v) is 5.63. The van der Waals surface area contributed by atoms with Crippen molar-refractivity contribution in [3.63, 3.8) is 0 Å². The standard InChI is InChI=1S/C11H18N2S2/c1-9-10(15-8-13-9)6-12-7-11(14-2)4-3-5-11/h8,12H,3-7H2,1-2H3. The summed E-state index contributed by atoms with van der Waals surface area (Å²) in [6.45, 7) is 4.21. The van der Waals surface area contributed by atoms with Crippen LogP contribution in [0.1, 0.15) is 29.8 Å². The fraction of sp³-hybridized carbons (Fsp3) is 0.727. The molecule has 1 aliphatic rings. The summed E-state index contributed by atoms with van der Waals surface area (Å²) in [4.78, 5) is 5.64. The van der Waals surface area contributed by atoms with Gasteiger partial charge in [-0.2, -0.15) is 11.8 Å². The predicted octanol–water partition coefficient (Wildman–Crippen LogP) is 2.83. The van der Waals surface area contributed by atoms with Gasteiger partial charge in [0.1, 0.15) is 0 Å². The van der Waals surface area contributed by atoms with E-state index in [1.165, 1.54) is 29.8 Å². The van der Waals surface area contributed by atoms with E-state index in [0.717, 1.165) is 13.1 Å². The van der Waals surface area contributed by atoms with Crippen LogP contribution in [-0.4, -0.2) is 22.5 Å². The lowest BCUT2D eigenvalue weighted by molar-refractivity contribution is 0.346. The highest BCUT2D eigenvalue weighted by molar-refractivity contribution is 8.00. The molecule has 4 heteroatoms. The number of nitrogens with one attached hydrogen (secondary N) is 1. The molecule has 1 N–H and O–H groups in total. The highest BCUT2D eigenvalue weighted by Gasteiger charge is 2.35. The van der Waals surface area contributed by atoms with Crippen molar-refractivity contribution in [1.82, 2.24) is 10.3 Å². The van der Waals surface area contributed by atoms with Gasteiger partial charge in [0.05, 0.1) is 11.2 Å². The van der Waals surface area contributed by atoms with Gasteiger partial charge in [-0.3, -0.25) is 0 Å². The SMILES string of the molecule is CSC1(CNCc2scnc2C)CCC1. The highest BCUT2D eigenvalue weighted by Crippen LogP contribution is 2.42. The summed E-state index contributed by atoms with van der Waals surface area (Å²) in [5, 5.41) is 3.57. The van der Waals surface area contributed by atoms with Gasteiger partial charge in [0, 0.05) is 22.7 Å². The Bertz CT molecular complexity index is 313. The fourth-order valence-electron chi connectivity index (χ4n) is 1.92. The Morgan fingerprint density at radius 1 is 1.60 bits per heavy atom. The quantitative estimate of drug-likeness (QED) is 0.859. The lowest BCUT2D eigenvalue weighted by Gasteiger charge is -2.40. The summed E-state index contributed by atoms with van der Waals surface area (Å²) in [6, 6.07) is 0. The van der Waals surface area contributed by atoms with Gasteiger partial charge in [-0.05, 0) is 26.0 Å². The van der Waals surface area contributed by atoms with E-state index in [-0.39, 0.29) is 0 Å². The van der Waals surface area contributed by atoms with E-state index >= 15 is 0 Å². The molecule has 84 valence electrons. The molecule has 0 bridgehead atoms. The normalized spacial score (nSPS) is 18.8. The minimum Gasteiger partial charge on any atom is -0.310 e. The zero-order valence-corrected chi connectivity index (χ0v) is 11.0. The molecule has 1 aromatic rings. The van der Waals surface area contributed by atoms with Crippen LogP contribution in [0, 0.1) is 6.92 Å². The van der Waals surface area contributed by atoms with Gasteiger partial charge < -0.3 is 5.32 Å². The van der Waals surface area contributed by atoms with E-state index in [4.69, 9.17) is 0 Å². The Balaban J connectivity index is 1.77. The third-order valence-electron chi connectivity index (χ3n) is 3.28. The molecule has 2 nitrogen and oxygen atoms in total. The number of nitrogens with zero attached hydrogens (tertiary/aromatic N) is 1. The third kappa shape index (κ3) is 2.55. The molecule has 0 aliphatic heterocycles. The van der Waals surface area contributed by atoms with Gasteiger partial charge in [-0.1, -0.05) is 6.42 Å².